The molecule has 0 rings (SSSR count). The third-order valence-electron chi connectivity index (χ3n) is 2.69. The van der Waals surface area contributed by atoms with Gasteiger partial charge >= 0.3 is 17.9 Å². The molecule has 0 bridgehead atoms. The van der Waals surface area contributed by atoms with Crippen LogP contribution in [0.5, 0.6) is 0 Å². The zero-order valence-electron chi connectivity index (χ0n) is 13.3. The number of esters is 1. The van der Waals surface area contributed by atoms with Gasteiger partial charge in [-0.3, -0.25) is 9.59 Å². The summed E-state index contributed by atoms with van der Waals surface area (Å²) in [5.41, 5.74) is 0. The topological polar surface area (TPSA) is 202 Å². The third-order valence-corrected chi connectivity index (χ3v) is 2.69. The van der Waals surface area contributed by atoms with E-state index in [9.17, 15) is 29.7 Å². The van der Waals surface area contributed by atoms with Crippen molar-refractivity contribution in [1.82, 2.24) is 0 Å². The Kier molecular flexibility index (Phi) is 12.9. The summed E-state index contributed by atoms with van der Waals surface area (Å²) in [6, 6.07) is 0. The quantitative estimate of drug-likeness (QED) is 0.167. The van der Waals surface area contributed by atoms with Gasteiger partial charge in [-0.05, 0) is 13.3 Å². The highest BCUT2D eigenvalue weighted by Crippen LogP contribution is 2.08. The molecule has 5 atom stereocenters. The Hall–Kier alpha value is -1.79. The molecule has 0 spiro atoms. The zero-order valence-corrected chi connectivity index (χ0v) is 13.3. The first-order valence-corrected chi connectivity index (χ1v) is 6.95. The fraction of sp³-hybridized carbons (Fsp3) is 0.769. The summed E-state index contributed by atoms with van der Waals surface area (Å²) in [6.07, 6.45) is -8.06. The van der Waals surface area contributed by atoms with Gasteiger partial charge in [-0.15, -0.1) is 0 Å². The van der Waals surface area contributed by atoms with E-state index in [4.69, 9.17) is 25.2 Å². The van der Waals surface area contributed by atoms with Gasteiger partial charge in [0.2, 0.25) is 0 Å². The minimum Gasteiger partial charge on any atom is -0.481 e. The van der Waals surface area contributed by atoms with E-state index >= 15 is 0 Å². The second kappa shape index (κ2) is 12.6. The average molecular weight is 356 g/mol. The molecule has 142 valence electrons. The molecular weight excluding hydrogens is 332 g/mol. The molecule has 0 saturated heterocycles. The number of carboxylic acids is 2. The smallest absolute Gasteiger partial charge is 0.338 e. The van der Waals surface area contributed by atoms with Crippen molar-refractivity contribution < 1.29 is 54.9 Å². The molecule has 24 heavy (non-hydrogen) atoms. The molecule has 5 unspecified atom stereocenters. The normalized spacial score (nSPS) is 16.6. The van der Waals surface area contributed by atoms with E-state index < -0.39 is 61.5 Å². The molecule has 0 aromatic rings. The van der Waals surface area contributed by atoms with Crippen LogP contribution >= 0.6 is 0 Å². The predicted octanol–water partition coefficient (Wildman–Crippen LogP) is -2.69. The van der Waals surface area contributed by atoms with Gasteiger partial charge in [-0.25, -0.2) is 4.79 Å². The lowest BCUT2D eigenvalue weighted by Gasteiger charge is -2.25. The molecule has 0 aliphatic heterocycles. The van der Waals surface area contributed by atoms with Crippen molar-refractivity contribution in [1.29, 1.82) is 0 Å². The Labute approximate surface area is 137 Å². The number of carbonyl (C=O) groups excluding carboxylic acids is 1. The SMILES string of the molecule is CCC(C)OC(=O)C(O)C(O)C(O)C(O)CO.O=C(O)CC(=O)O. The number of aliphatic hydroxyl groups is 5. The van der Waals surface area contributed by atoms with Crippen LogP contribution in [0.25, 0.3) is 0 Å². The average Bonchev–Trinajstić information content (AvgIpc) is 2.50. The first-order chi connectivity index (χ1) is 11.0. The molecule has 0 heterocycles. The van der Waals surface area contributed by atoms with Crippen LogP contribution in [0.4, 0.5) is 0 Å². The third kappa shape index (κ3) is 10.9. The second-order valence-corrected chi connectivity index (χ2v) is 4.80. The standard InChI is InChI=1S/C10H20O7.C3H4O4/c1-3-5(2)17-10(16)9(15)8(14)7(13)6(12)4-11;4-2(5)1-3(6)7/h5-9,11-15H,3-4H2,1-2H3;1H2,(H,4,5)(H,6,7). The fourth-order valence-corrected chi connectivity index (χ4v) is 1.14. The van der Waals surface area contributed by atoms with Gasteiger partial charge in [0, 0.05) is 0 Å². The van der Waals surface area contributed by atoms with Gasteiger partial charge in [-0.1, -0.05) is 6.92 Å². The van der Waals surface area contributed by atoms with E-state index in [1.165, 1.54) is 0 Å². The summed E-state index contributed by atoms with van der Waals surface area (Å²) in [5.74, 6) is -3.71. The van der Waals surface area contributed by atoms with Gasteiger partial charge < -0.3 is 40.5 Å². The number of carbonyl (C=O) groups is 3. The van der Waals surface area contributed by atoms with Gasteiger partial charge in [0.1, 0.15) is 24.7 Å². The fourth-order valence-electron chi connectivity index (χ4n) is 1.14. The minimum atomic E-state index is -1.97. The number of carboxylic acid groups (broad SMARTS) is 2. The molecule has 0 aromatic carbocycles. The van der Waals surface area contributed by atoms with Gasteiger partial charge in [-0.2, -0.15) is 0 Å². The van der Waals surface area contributed by atoms with E-state index in [0.29, 0.717) is 6.42 Å². The van der Waals surface area contributed by atoms with Crippen LogP contribution in [0, 0.1) is 0 Å². The monoisotopic (exact) mass is 356 g/mol. The molecule has 0 aliphatic rings. The van der Waals surface area contributed by atoms with Crippen LogP contribution in [0.15, 0.2) is 0 Å². The number of aliphatic carboxylic acids is 2. The maximum absolute atomic E-state index is 11.3. The Balaban J connectivity index is 0. The van der Waals surface area contributed by atoms with Crippen LogP contribution in [0.3, 0.4) is 0 Å². The summed E-state index contributed by atoms with van der Waals surface area (Å²) < 4.78 is 4.74. The minimum absolute atomic E-state index is 0.427. The van der Waals surface area contributed by atoms with Crippen molar-refractivity contribution in [3.8, 4) is 0 Å². The Morgan fingerprint density at radius 2 is 1.42 bits per heavy atom. The first-order valence-electron chi connectivity index (χ1n) is 6.95. The number of ether oxygens (including phenoxy) is 1. The maximum atomic E-state index is 11.3. The van der Waals surface area contributed by atoms with Crippen molar-refractivity contribution in [3.63, 3.8) is 0 Å². The van der Waals surface area contributed by atoms with Crippen molar-refractivity contribution in [2.45, 2.75) is 57.2 Å². The van der Waals surface area contributed by atoms with Crippen molar-refractivity contribution in [2.24, 2.45) is 0 Å². The number of aliphatic hydroxyl groups excluding tert-OH is 5. The molecule has 0 aliphatic carbocycles. The van der Waals surface area contributed by atoms with E-state index in [2.05, 4.69) is 0 Å². The van der Waals surface area contributed by atoms with Crippen molar-refractivity contribution in [2.75, 3.05) is 6.61 Å². The zero-order chi connectivity index (χ0) is 19.4. The highest BCUT2D eigenvalue weighted by Gasteiger charge is 2.35. The Bertz CT molecular complexity index is 385. The number of hydrogen-bond acceptors (Lipinski definition) is 9. The largest absolute Gasteiger partial charge is 0.481 e. The number of rotatable bonds is 9. The van der Waals surface area contributed by atoms with E-state index in [1.807, 2.05) is 0 Å². The van der Waals surface area contributed by atoms with E-state index in [-0.39, 0.29) is 0 Å². The lowest BCUT2D eigenvalue weighted by molar-refractivity contribution is -0.174. The first kappa shape index (κ1) is 24.5. The Morgan fingerprint density at radius 3 is 1.71 bits per heavy atom. The molecule has 0 radical (unpaired) electrons. The molecular formula is C13H24O11. The maximum Gasteiger partial charge on any atom is 0.338 e. The molecule has 0 aromatic heterocycles. The summed E-state index contributed by atoms with van der Waals surface area (Å²) in [6.45, 7) is 2.58. The summed E-state index contributed by atoms with van der Waals surface area (Å²) in [7, 11) is 0. The summed E-state index contributed by atoms with van der Waals surface area (Å²) in [5, 5.41) is 61.0. The van der Waals surface area contributed by atoms with E-state index in [1.54, 1.807) is 13.8 Å². The van der Waals surface area contributed by atoms with Crippen molar-refractivity contribution in [3.05, 3.63) is 0 Å². The highest BCUT2D eigenvalue weighted by atomic mass is 16.6. The van der Waals surface area contributed by atoms with Crippen LogP contribution in [-0.2, 0) is 19.1 Å². The van der Waals surface area contributed by atoms with Gasteiger partial charge in [0.15, 0.2) is 6.10 Å². The molecule has 0 fully saturated rings. The summed E-state index contributed by atoms with van der Waals surface area (Å²) in [4.78, 5) is 30.1. The Morgan fingerprint density at radius 1 is 0.958 bits per heavy atom. The van der Waals surface area contributed by atoms with Gasteiger partial charge in [0.05, 0.1) is 12.7 Å². The molecule has 11 heteroatoms. The lowest BCUT2D eigenvalue weighted by atomic mass is 10.0. The van der Waals surface area contributed by atoms with Crippen LogP contribution in [0.1, 0.15) is 26.7 Å². The predicted molar refractivity (Wildman–Crippen MR) is 76.8 cm³/mol. The van der Waals surface area contributed by atoms with Crippen LogP contribution < -0.4 is 0 Å². The van der Waals surface area contributed by atoms with Crippen molar-refractivity contribution >= 4 is 17.9 Å². The number of hydrogen-bond donors (Lipinski definition) is 7. The van der Waals surface area contributed by atoms with E-state index in [0.717, 1.165) is 0 Å². The van der Waals surface area contributed by atoms with Crippen LogP contribution in [-0.4, -0.2) is 90.8 Å². The van der Waals surface area contributed by atoms with Crippen LogP contribution in [0.2, 0.25) is 0 Å². The highest BCUT2D eigenvalue weighted by molar-refractivity contribution is 5.88. The van der Waals surface area contributed by atoms with Gasteiger partial charge in [0.25, 0.3) is 0 Å². The lowest BCUT2D eigenvalue weighted by Crippen LogP contribution is -2.49. The molecule has 0 saturated carbocycles. The second-order valence-electron chi connectivity index (χ2n) is 4.80. The molecule has 7 N–H and O–H groups in total. The molecule has 11 nitrogen and oxygen atoms in total. The summed E-state index contributed by atoms with van der Waals surface area (Å²) >= 11 is 0. The molecule has 0 amide bonds.